The number of nitrogens with two attached hydrogens (primary N) is 1. The van der Waals surface area contributed by atoms with E-state index in [2.05, 4.69) is 5.32 Å². The second-order valence-corrected chi connectivity index (χ2v) is 4.37. The highest BCUT2D eigenvalue weighted by atomic mass is 16.5. The monoisotopic (exact) mass is 198 g/mol. The molecule has 2 fully saturated rings. The van der Waals surface area contributed by atoms with Crippen LogP contribution < -0.4 is 11.1 Å². The zero-order valence-corrected chi connectivity index (χ0v) is 8.53. The standard InChI is InChI=1S/C10H18N2O2/c1-6(11)10(13)12-8-4-5-14-9(8)7-2-3-7/h6-9H,2-5,11H2,1H3,(H,12,13)/t6-,8?,9?/m0/s1. The Kier molecular flexibility index (Phi) is 2.74. The largest absolute Gasteiger partial charge is 0.376 e. The average Bonchev–Trinajstić information content (AvgIpc) is 2.88. The number of amides is 1. The van der Waals surface area contributed by atoms with E-state index in [9.17, 15) is 4.79 Å². The van der Waals surface area contributed by atoms with Gasteiger partial charge in [0.15, 0.2) is 0 Å². The molecule has 1 aliphatic heterocycles. The number of nitrogens with one attached hydrogen (secondary N) is 1. The van der Waals surface area contributed by atoms with Gasteiger partial charge in [0.25, 0.3) is 0 Å². The normalized spacial score (nSPS) is 34.1. The maximum atomic E-state index is 11.4. The van der Waals surface area contributed by atoms with E-state index in [-0.39, 0.29) is 18.1 Å². The summed E-state index contributed by atoms with van der Waals surface area (Å²) in [6.45, 7) is 2.47. The molecule has 3 atom stereocenters. The molecule has 0 spiro atoms. The van der Waals surface area contributed by atoms with Crippen LogP contribution in [0.1, 0.15) is 26.2 Å². The molecular weight excluding hydrogens is 180 g/mol. The van der Waals surface area contributed by atoms with E-state index in [0.717, 1.165) is 13.0 Å². The molecule has 0 aromatic rings. The van der Waals surface area contributed by atoms with E-state index < -0.39 is 6.04 Å². The molecular formula is C10H18N2O2. The van der Waals surface area contributed by atoms with Crippen molar-refractivity contribution in [3.63, 3.8) is 0 Å². The molecule has 2 unspecified atom stereocenters. The third-order valence-corrected chi connectivity index (χ3v) is 2.96. The molecule has 0 aromatic carbocycles. The van der Waals surface area contributed by atoms with E-state index in [1.165, 1.54) is 12.8 Å². The van der Waals surface area contributed by atoms with Crippen LogP contribution in [-0.4, -0.2) is 30.7 Å². The van der Waals surface area contributed by atoms with Gasteiger partial charge in [0.05, 0.1) is 18.2 Å². The van der Waals surface area contributed by atoms with Gasteiger partial charge in [-0.05, 0) is 32.1 Å². The molecule has 1 aliphatic carbocycles. The number of carbonyl (C=O) groups excluding carboxylic acids is 1. The van der Waals surface area contributed by atoms with Crippen LogP contribution in [0.3, 0.4) is 0 Å². The molecule has 1 saturated carbocycles. The Morgan fingerprint density at radius 3 is 2.79 bits per heavy atom. The van der Waals surface area contributed by atoms with Crippen LogP contribution in [0.5, 0.6) is 0 Å². The lowest BCUT2D eigenvalue weighted by molar-refractivity contribution is -0.123. The van der Waals surface area contributed by atoms with Gasteiger partial charge in [0, 0.05) is 6.61 Å². The van der Waals surface area contributed by atoms with Crippen molar-refractivity contribution in [2.45, 2.75) is 44.4 Å². The lowest BCUT2D eigenvalue weighted by Gasteiger charge is -2.20. The molecule has 3 N–H and O–H groups in total. The minimum atomic E-state index is -0.421. The summed E-state index contributed by atoms with van der Waals surface area (Å²) in [5.41, 5.74) is 5.50. The molecule has 1 heterocycles. The summed E-state index contributed by atoms with van der Waals surface area (Å²) >= 11 is 0. The Labute approximate surface area is 84.2 Å². The van der Waals surface area contributed by atoms with Gasteiger partial charge in [-0.3, -0.25) is 4.79 Å². The number of hydrogen-bond donors (Lipinski definition) is 2. The van der Waals surface area contributed by atoms with E-state index in [1.807, 2.05) is 0 Å². The zero-order valence-electron chi connectivity index (χ0n) is 8.53. The molecule has 80 valence electrons. The Bertz CT molecular complexity index is 226. The van der Waals surface area contributed by atoms with Gasteiger partial charge in [-0.2, -0.15) is 0 Å². The van der Waals surface area contributed by atoms with Crippen molar-refractivity contribution in [3.05, 3.63) is 0 Å². The second-order valence-electron chi connectivity index (χ2n) is 4.37. The maximum Gasteiger partial charge on any atom is 0.236 e. The third kappa shape index (κ3) is 2.07. The predicted octanol–water partition coefficient (Wildman–Crippen LogP) is 0.0173. The molecule has 2 rings (SSSR count). The van der Waals surface area contributed by atoms with Gasteiger partial charge in [0.2, 0.25) is 5.91 Å². The first-order valence-corrected chi connectivity index (χ1v) is 5.36. The third-order valence-electron chi connectivity index (χ3n) is 2.96. The fourth-order valence-corrected chi connectivity index (χ4v) is 1.97. The van der Waals surface area contributed by atoms with Crippen molar-refractivity contribution in [1.82, 2.24) is 5.32 Å². The molecule has 0 aromatic heterocycles. The average molecular weight is 198 g/mol. The molecule has 14 heavy (non-hydrogen) atoms. The summed E-state index contributed by atoms with van der Waals surface area (Å²) in [5, 5.41) is 2.96. The van der Waals surface area contributed by atoms with E-state index in [0.29, 0.717) is 5.92 Å². The number of rotatable bonds is 3. The quantitative estimate of drug-likeness (QED) is 0.672. The summed E-state index contributed by atoms with van der Waals surface area (Å²) in [6.07, 6.45) is 3.67. The van der Waals surface area contributed by atoms with Crippen LogP contribution in [0, 0.1) is 5.92 Å². The fraction of sp³-hybridized carbons (Fsp3) is 0.900. The van der Waals surface area contributed by atoms with Crippen molar-refractivity contribution in [2.75, 3.05) is 6.61 Å². The summed E-state index contributed by atoms with van der Waals surface area (Å²) in [5.74, 6) is 0.613. The maximum absolute atomic E-state index is 11.4. The SMILES string of the molecule is C[C@H](N)C(=O)NC1CCOC1C1CC1. The first-order chi connectivity index (χ1) is 6.68. The molecule has 1 amide bonds. The van der Waals surface area contributed by atoms with E-state index in [1.54, 1.807) is 6.92 Å². The highest BCUT2D eigenvalue weighted by Crippen LogP contribution is 2.38. The first kappa shape index (κ1) is 9.93. The number of hydrogen-bond acceptors (Lipinski definition) is 3. The van der Waals surface area contributed by atoms with E-state index in [4.69, 9.17) is 10.5 Å². The predicted molar refractivity (Wildman–Crippen MR) is 52.7 cm³/mol. The Balaban J connectivity index is 1.86. The minimum absolute atomic E-state index is 0.0637. The van der Waals surface area contributed by atoms with Crippen LogP contribution in [0.4, 0.5) is 0 Å². The van der Waals surface area contributed by atoms with Gasteiger partial charge in [-0.15, -0.1) is 0 Å². The summed E-state index contributed by atoms with van der Waals surface area (Å²) in [4.78, 5) is 11.4. The van der Waals surface area contributed by atoms with Crippen molar-refractivity contribution < 1.29 is 9.53 Å². The first-order valence-electron chi connectivity index (χ1n) is 5.36. The zero-order chi connectivity index (χ0) is 10.1. The van der Waals surface area contributed by atoms with Crippen LogP contribution in [0.15, 0.2) is 0 Å². The Morgan fingerprint density at radius 1 is 1.50 bits per heavy atom. The molecule has 4 heteroatoms. The van der Waals surface area contributed by atoms with Crippen LogP contribution in [0.2, 0.25) is 0 Å². The summed E-state index contributed by atoms with van der Waals surface area (Å²) in [6, 6.07) is -0.226. The van der Waals surface area contributed by atoms with Crippen molar-refractivity contribution in [3.8, 4) is 0 Å². The van der Waals surface area contributed by atoms with Crippen molar-refractivity contribution >= 4 is 5.91 Å². The number of ether oxygens (including phenoxy) is 1. The van der Waals surface area contributed by atoms with Gasteiger partial charge < -0.3 is 15.8 Å². The molecule has 2 aliphatic rings. The van der Waals surface area contributed by atoms with E-state index >= 15 is 0 Å². The van der Waals surface area contributed by atoms with Crippen LogP contribution in [-0.2, 0) is 9.53 Å². The Morgan fingerprint density at radius 2 is 2.21 bits per heavy atom. The second kappa shape index (κ2) is 3.87. The number of carbonyl (C=O) groups is 1. The van der Waals surface area contributed by atoms with Gasteiger partial charge >= 0.3 is 0 Å². The van der Waals surface area contributed by atoms with Gasteiger partial charge in [0.1, 0.15) is 0 Å². The highest BCUT2D eigenvalue weighted by molar-refractivity contribution is 5.81. The van der Waals surface area contributed by atoms with Crippen molar-refractivity contribution in [1.29, 1.82) is 0 Å². The smallest absolute Gasteiger partial charge is 0.236 e. The van der Waals surface area contributed by atoms with Gasteiger partial charge in [-0.1, -0.05) is 0 Å². The molecule has 0 bridgehead atoms. The topological polar surface area (TPSA) is 64.4 Å². The Hall–Kier alpha value is -0.610. The van der Waals surface area contributed by atoms with Crippen LogP contribution in [0.25, 0.3) is 0 Å². The minimum Gasteiger partial charge on any atom is -0.376 e. The van der Waals surface area contributed by atoms with Gasteiger partial charge in [-0.25, -0.2) is 0 Å². The highest BCUT2D eigenvalue weighted by Gasteiger charge is 2.41. The fourth-order valence-electron chi connectivity index (χ4n) is 1.97. The van der Waals surface area contributed by atoms with Crippen LogP contribution >= 0.6 is 0 Å². The lowest BCUT2D eigenvalue weighted by atomic mass is 10.1. The molecule has 0 radical (unpaired) electrons. The summed E-state index contributed by atoms with van der Waals surface area (Å²) < 4.78 is 5.61. The van der Waals surface area contributed by atoms with Crippen molar-refractivity contribution in [2.24, 2.45) is 11.7 Å². The molecule has 1 saturated heterocycles. The summed E-state index contributed by atoms with van der Waals surface area (Å²) in [7, 11) is 0. The lowest BCUT2D eigenvalue weighted by Crippen LogP contribution is -2.47. The molecule has 4 nitrogen and oxygen atoms in total.